The number of hydrogen-bond acceptors (Lipinski definition) is 5. The number of benzene rings is 2. The fourth-order valence-electron chi connectivity index (χ4n) is 2.75. The normalized spacial score (nSPS) is 16.3. The molecule has 23 heavy (non-hydrogen) atoms. The third-order valence-corrected chi connectivity index (χ3v) is 3.96. The Morgan fingerprint density at radius 1 is 0.957 bits per heavy atom. The van der Waals surface area contributed by atoms with Gasteiger partial charge in [0.1, 0.15) is 28.9 Å². The number of hydrogen-bond donors (Lipinski definition) is 0. The maximum Gasteiger partial charge on any atom is 0.342 e. The maximum absolute atomic E-state index is 12.4. The van der Waals surface area contributed by atoms with E-state index >= 15 is 0 Å². The van der Waals surface area contributed by atoms with E-state index in [1.165, 1.54) is 7.11 Å². The Labute approximate surface area is 134 Å². The second-order valence-electron chi connectivity index (χ2n) is 5.24. The van der Waals surface area contributed by atoms with Crippen LogP contribution >= 0.6 is 0 Å². The van der Waals surface area contributed by atoms with E-state index < -0.39 is 0 Å². The summed E-state index contributed by atoms with van der Waals surface area (Å²) in [6, 6.07) is 11.1. The van der Waals surface area contributed by atoms with E-state index in [1.54, 1.807) is 20.3 Å². The van der Waals surface area contributed by atoms with E-state index in [1.807, 2.05) is 30.3 Å². The molecular formula is C18H18O5. The summed E-state index contributed by atoms with van der Waals surface area (Å²) in [4.78, 5) is 12.4. The fourth-order valence-corrected chi connectivity index (χ4v) is 2.75. The summed E-state index contributed by atoms with van der Waals surface area (Å²) in [6.07, 6.45) is 0.235. The molecule has 1 aliphatic heterocycles. The van der Waals surface area contributed by atoms with E-state index in [-0.39, 0.29) is 12.1 Å². The zero-order chi connectivity index (χ0) is 16.4. The Bertz CT molecular complexity index is 721. The molecule has 0 saturated heterocycles. The first kappa shape index (κ1) is 15.2. The van der Waals surface area contributed by atoms with Crippen LogP contribution in [0.2, 0.25) is 0 Å². The third kappa shape index (κ3) is 2.82. The highest BCUT2D eigenvalue weighted by molar-refractivity contribution is 5.95. The topological polar surface area (TPSA) is 54.0 Å². The lowest BCUT2D eigenvalue weighted by atomic mass is 9.93. The first-order valence-electron chi connectivity index (χ1n) is 7.26. The molecule has 0 spiro atoms. The smallest absolute Gasteiger partial charge is 0.342 e. The van der Waals surface area contributed by atoms with Crippen LogP contribution < -0.4 is 14.2 Å². The van der Waals surface area contributed by atoms with Gasteiger partial charge in [-0.05, 0) is 29.3 Å². The average molecular weight is 314 g/mol. The summed E-state index contributed by atoms with van der Waals surface area (Å²) in [5.74, 6) is 1.51. The SMILES string of the molecule is COc1ccc(C2Cc3cc(OC)cc(OC)c3C(=O)O2)cc1. The molecule has 0 aromatic heterocycles. The van der Waals surface area contributed by atoms with Gasteiger partial charge in [-0.2, -0.15) is 0 Å². The van der Waals surface area contributed by atoms with Gasteiger partial charge in [-0.15, -0.1) is 0 Å². The van der Waals surface area contributed by atoms with Crippen LogP contribution in [-0.4, -0.2) is 27.3 Å². The number of cyclic esters (lactones) is 1. The summed E-state index contributed by atoms with van der Waals surface area (Å²) in [5, 5.41) is 0. The Morgan fingerprint density at radius 3 is 2.26 bits per heavy atom. The molecule has 0 N–H and O–H groups in total. The minimum atomic E-state index is -0.383. The standard InChI is InChI=1S/C18H18O5/c1-20-13-6-4-11(5-7-13)15-9-12-8-14(21-2)10-16(22-3)17(12)18(19)23-15/h4-8,10,15H,9H2,1-3H3. The van der Waals surface area contributed by atoms with Crippen LogP contribution in [0.5, 0.6) is 17.2 Å². The molecule has 120 valence electrons. The van der Waals surface area contributed by atoms with E-state index in [0.29, 0.717) is 23.5 Å². The number of carbonyl (C=O) groups excluding carboxylic acids is 1. The van der Waals surface area contributed by atoms with Crippen LogP contribution in [0.25, 0.3) is 0 Å². The minimum Gasteiger partial charge on any atom is -0.497 e. The van der Waals surface area contributed by atoms with Crippen molar-refractivity contribution in [3.8, 4) is 17.2 Å². The molecule has 0 fully saturated rings. The molecule has 0 aliphatic carbocycles. The van der Waals surface area contributed by atoms with Crippen molar-refractivity contribution in [2.75, 3.05) is 21.3 Å². The zero-order valence-electron chi connectivity index (χ0n) is 13.3. The number of methoxy groups -OCH3 is 3. The molecule has 1 aliphatic rings. The number of esters is 1. The van der Waals surface area contributed by atoms with Gasteiger partial charge in [0.05, 0.1) is 21.3 Å². The molecule has 1 atom stereocenters. The van der Waals surface area contributed by atoms with Gasteiger partial charge in [-0.25, -0.2) is 4.79 Å². The number of rotatable bonds is 4. The first-order valence-corrected chi connectivity index (χ1v) is 7.26. The van der Waals surface area contributed by atoms with Crippen molar-refractivity contribution in [2.24, 2.45) is 0 Å². The monoisotopic (exact) mass is 314 g/mol. The van der Waals surface area contributed by atoms with Crippen molar-refractivity contribution >= 4 is 5.97 Å². The van der Waals surface area contributed by atoms with Crippen LogP contribution in [0.3, 0.4) is 0 Å². The van der Waals surface area contributed by atoms with Gasteiger partial charge >= 0.3 is 5.97 Å². The quantitative estimate of drug-likeness (QED) is 0.811. The van der Waals surface area contributed by atoms with Gasteiger partial charge in [0, 0.05) is 12.5 Å². The molecule has 2 aromatic carbocycles. The Balaban J connectivity index is 1.97. The van der Waals surface area contributed by atoms with Crippen molar-refractivity contribution in [1.29, 1.82) is 0 Å². The summed E-state index contributed by atoms with van der Waals surface area (Å²) in [6.45, 7) is 0. The summed E-state index contributed by atoms with van der Waals surface area (Å²) in [7, 11) is 4.73. The third-order valence-electron chi connectivity index (χ3n) is 3.96. The predicted octanol–water partition coefficient (Wildman–Crippen LogP) is 3.17. The molecule has 0 radical (unpaired) electrons. The van der Waals surface area contributed by atoms with Crippen molar-refractivity contribution < 1.29 is 23.7 Å². The lowest BCUT2D eigenvalue weighted by Gasteiger charge is -2.26. The van der Waals surface area contributed by atoms with Crippen LogP contribution in [0.1, 0.15) is 27.6 Å². The predicted molar refractivity (Wildman–Crippen MR) is 84.4 cm³/mol. The number of ether oxygens (including phenoxy) is 4. The molecule has 3 rings (SSSR count). The summed E-state index contributed by atoms with van der Waals surface area (Å²) >= 11 is 0. The second-order valence-corrected chi connectivity index (χ2v) is 5.24. The Kier molecular flexibility index (Phi) is 4.10. The second kappa shape index (κ2) is 6.20. The Morgan fingerprint density at radius 2 is 1.65 bits per heavy atom. The molecule has 5 nitrogen and oxygen atoms in total. The highest BCUT2D eigenvalue weighted by Gasteiger charge is 2.31. The summed E-state index contributed by atoms with van der Waals surface area (Å²) in [5.41, 5.74) is 2.25. The van der Waals surface area contributed by atoms with Crippen molar-refractivity contribution in [1.82, 2.24) is 0 Å². The average Bonchev–Trinajstić information content (AvgIpc) is 2.60. The molecule has 5 heteroatoms. The number of fused-ring (bicyclic) bond motifs is 1. The maximum atomic E-state index is 12.4. The van der Waals surface area contributed by atoms with E-state index in [2.05, 4.69) is 0 Å². The van der Waals surface area contributed by atoms with E-state index in [9.17, 15) is 4.79 Å². The molecular weight excluding hydrogens is 296 g/mol. The van der Waals surface area contributed by atoms with Crippen LogP contribution in [-0.2, 0) is 11.2 Å². The van der Waals surface area contributed by atoms with Gasteiger partial charge in [0.25, 0.3) is 0 Å². The molecule has 1 heterocycles. The van der Waals surface area contributed by atoms with Crippen molar-refractivity contribution in [3.05, 3.63) is 53.1 Å². The number of carbonyl (C=O) groups is 1. The molecule has 0 saturated carbocycles. The lowest BCUT2D eigenvalue weighted by molar-refractivity contribution is 0.0248. The zero-order valence-corrected chi connectivity index (χ0v) is 13.3. The summed E-state index contributed by atoms with van der Waals surface area (Å²) < 4.78 is 21.3. The minimum absolute atomic E-state index is 0.335. The molecule has 0 amide bonds. The van der Waals surface area contributed by atoms with Crippen LogP contribution in [0.4, 0.5) is 0 Å². The van der Waals surface area contributed by atoms with Crippen LogP contribution in [0.15, 0.2) is 36.4 Å². The molecule has 1 unspecified atom stereocenters. The Hall–Kier alpha value is -2.69. The van der Waals surface area contributed by atoms with E-state index in [4.69, 9.17) is 18.9 Å². The molecule has 2 aromatic rings. The van der Waals surface area contributed by atoms with Gasteiger partial charge in [0.15, 0.2) is 0 Å². The van der Waals surface area contributed by atoms with Crippen LogP contribution in [0, 0.1) is 0 Å². The van der Waals surface area contributed by atoms with Gasteiger partial charge in [-0.1, -0.05) is 12.1 Å². The molecule has 0 bridgehead atoms. The van der Waals surface area contributed by atoms with Gasteiger partial charge < -0.3 is 18.9 Å². The highest BCUT2D eigenvalue weighted by Crippen LogP contribution is 2.38. The highest BCUT2D eigenvalue weighted by atomic mass is 16.5. The largest absolute Gasteiger partial charge is 0.497 e. The van der Waals surface area contributed by atoms with Gasteiger partial charge in [-0.3, -0.25) is 0 Å². The van der Waals surface area contributed by atoms with Gasteiger partial charge in [0.2, 0.25) is 0 Å². The lowest BCUT2D eigenvalue weighted by Crippen LogP contribution is -2.22. The van der Waals surface area contributed by atoms with Crippen molar-refractivity contribution in [3.63, 3.8) is 0 Å². The van der Waals surface area contributed by atoms with E-state index in [0.717, 1.165) is 16.9 Å². The first-order chi connectivity index (χ1) is 11.2. The fraction of sp³-hybridized carbons (Fsp3) is 0.278. The van der Waals surface area contributed by atoms with Crippen molar-refractivity contribution in [2.45, 2.75) is 12.5 Å².